The van der Waals surface area contributed by atoms with Crippen LogP contribution in [0.3, 0.4) is 0 Å². The van der Waals surface area contributed by atoms with Gasteiger partial charge in [0.15, 0.2) is 0 Å². The van der Waals surface area contributed by atoms with Gasteiger partial charge in [0.25, 0.3) is 0 Å². The number of pyridine rings is 1. The second-order valence-corrected chi connectivity index (χ2v) is 12.5. The van der Waals surface area contributed by atoms with Crippen molar-refractivity contribution in [2.45, 2.75) is 36.3 Å². The summed E-state index contributed by atoms with van der Waals surface area (Å²) in [6, 6.07) is 10.8. The molecule has 1 unspecified atom stereocenters. The fraction of sp³-hybridized carbons (Fsp3) is 0.345. The van der Waals surface area contributed by atoms with Crippen LogP contribution in [0.4, 0.5) is 13.2 Å². The predicted molar refractivity (Wildman–Crippen MR) is 151 cm³/mol. The fourth-order valence-electron chi connectivity index (χ4n) is 5.18. The molecular formula is C29H29ClF3N3O4S. The average molecular weight is 608 g/mol. The van der Waals surface area contributed by atoms with Crippen molar-refractivity contribution in [2.75, 3.05) is 26.2 Å². The number of hydrogen-bond acceptors (Lipinski definition) is 6. The van der Waals surface area contributed by atoms with Crippen LogP contribution in [0, 0.1) is 0 Å². The summed E-state index contributed by atoms with van der Waals surface area (Å²) >= 11 is 5.99. The first-order chi connectivity index (χ1) is 19.4. The zero-order chi connectivity index (χ0) is 29.3. The number of allylic oxidation sites excluding steroid dienone is 5. The van der Waals surface area contributed by atoms with E-state index in [0.29, 0.717) is 55.1 Å². The highest BCUT2D eigenvalue weighted by Crippen LogP contribution is 2.38. The van der Waals surface area contributed by atoms with E-state index in [-0.39, 0.29) is 17.2 Å². The first-order valence-electron chi connectivity index (χ1n) is 13.1. The molecule has 2 N–H and O–H groups in total. The van der Waals surface area contributed by atoms with Crippen molar-refractivity contribution in [3.05, 3.63) is 100 Å². The van der Waals surface area contributed by atoms with E-state index in [1.807, 2.05) is 18.2 Å². The van der Waals surface area contributed by atoms with E-state index in [4.69, 9.17) is 16.3 Å². The number of nitrogens with one attached hydrogen (secondary N) is 1. The molecule has 1 atom stereocenters. The van der Waals surface area contributed by atoms with Crippen molar-refractivity contribution >= 4 is 27.2 Å². The second kappa shape index (κ2) is 11.7. The highest BCUT2D eigenvalue weighted by Gasteiger charge is 2.37. The number of benzene rings is 1. The number of likely N-dealkylation sites (tertiary alicyclic amines) is 1. The zero-order valence-electron chi connectivity index (χ0n) is 21.9. The van der Waals surface area contributed by atoms with E-state index < -0.39 is 33.6 Å². The number of sulfonamides is 1. The Hall–Kier alpha value is -2.96. The SMILES string of the molecule is O=S(=O)(NCC(F)(F)F)C1C=CC=C2Oc3ncccc3C(=CCCN3CCC(O)(c4ccc(Cl)cc4)CC3)C=C21. The number of aliphatic hydroxyl groups is 1. The maximum absolute atomic E-state index is 12.9. The summed E-state index contributed by atoms with van der Waals surface area (Å²) in [7, 11) is -4.42. The van der Waals surface area contributed by atoms with Gasteiger partial charge in [0.05, 0.1) is 5.60 Å². The van der Waals surface area contributed by atoms with Gasteiger partial charge in [-0.05, 0) is 66.8 Å². The fourth-order valence-corrected chi connectivity index (χ4v) is 6.67. The number of piperidine rings is 1. The van der Waals surface area contributed by atoms with Gasteiger partial charge in [0.2, 0.25) is 15.9 Å². The molecule has 41 heavy (non-hydrogen) atoms. The lowest BCUT2D eigenvalue weighted by molar-refractivity contribution is -0.121. The molecule has 1 aromatic carbocycles. The quantitative estimate of drug-likeness (QED) is 0.454. The zero-order valence-corrected chi connectivity index (χ0v) is 23.5. The largest absolute Gasteiger partial charge is 0.438 e. The molecular weight excluding hydrogens is 579 g/mol. The topological polar surface area (TPSA) is 91.8 Å². The Bertz CT molecular complexity index is 1510. The molecule has 2 aromatic rings. The summed E-state index contributed by atoms with van der Waals surface area (Å²) in [6.45, 7) is 0.401. The molecule has 12 heteroatoms. The summed E-state index contributed by atoms with van der Waals surface area (Å²) in [5, 5.41) is 10.4. The number of hydrogen-bond donors (Lipinski definition) is 2. The Balaban J connectivity index is 1.33. The number of fused-ring (bicyclic) bond motifs is 2. The molecule has 0 spiro atoms. The number of aromatic nitrogens is 1. The smallest absolute Gasteiger partial charge is 0.402 e. The molecule has 1 fully saturated rings. The molecule has 0 amide bonds. The monoisotopic (exact) mass is 607 g/mol. The summed E-state index contributed by atoms with van der Waals surface area (Å²) < 4.78 is 71.8. The van der Waals surface area contributed by atoms with Gasteiger partial charge in [0, 0.05) is 42.0 Å². The van der Waals surface area contributed by atoms with Crippen LogP contribution in [0.1, 0.15) is 30.4 Å². The predicted octanol–water partition coefficient (Wildman–Crippen LogP) is 5.11. The third-order valence-corrected chi connectivity index (χ3v) is 9.29. The summed E-state index contributed by atoms with van der Waals surface area (Å²) in [5.41, 5.74) is 1.46. The molecule has 218 valence electrons. The molecule has 7 nitrogen and oxygen atoms in total. The Morgan fingerprint density at radius 1 is 1.20 bits per heavy atom. The second-order valence-electron chi connectivity index (χ2n) is 10.2. The van der Waals surface area contributed by atoms with E-state index in [9.17, 15) is 26.7 Å². The van der Waals surface area contributed by atoms with Crippen LogP contribution in [-0.2, 0) is 15.6 Å². The van der Waals surface area contributed by atoms with Crippen LogP contribution in [0.25, 0.3) is 5.57 Å². The molecule has 1 aromatic heterocycles. The van der Waals surface area contributed by atoms with Crippen molar-refractivity contribution in [1.29, 1.82) is 0 Å². The first-order valence-corrected chi connectivity index (χ1v) is 15.1. The van der Waals surface area contributed by atoms with E-state index in [2.05, 4.69) is 9.88 Å². The normalized spacial score (nSPS) is 21.8. The van der Waals surface area contributed by atoms with Crippen LogP contribution < -0.4 is 9.46 Å². The Labute approximate surface area is 241 Å². The van der Waals surface area contributed by atoms with Crippen molar-refractivity contribution in [1.82, 2.24) is 14.6 Å². The molecule has 0 radical (unpaired) electrons. The minimum absolute atomic E-state index is 0.204. The number of alkyl halides is 3. The summed E-state index contributed by atoms with van der Waals surface area (Å²) in [5.74, 6) is 0.479. The molecule has 3 heterocycles. The lowest BCUT2D eigenvalue weighted by Crippen LogP contribution is -2.42. The summed E-state index contributed by atoms with van der Waals surface area (Å²) in [6.07, 6.45) is 6.54. The van der Waals surface area contributed by atoms with Crippen LogP contribution in [0.2, 0.25) is 5.02 Å². The lowest BCUT2D eigenvalue weighted by Gasteiger charge is -2.38. The van der Waals surface area contributed by atoms with Gasteiger partial charge < -0.3 is 14.7 Å². The van der Waals surface area contributed by atoms with Crippen LogP contribution in [-0.4, -0.2) is 61.0 Å². The van der Waals surface area contributed by atoms with Gasteiger partial charge in [-0.1, -0.05) is 42.0 Å². The van der Waals surface area contributed by atoms with Crippen LogP contribution in [0.5, 0.6) is 5.88 Å². The lowest BCUT2D eigenvalue weighted by atomic mass is 9.84. The maximum Gasteiger partial charge on any atom is 0.402 e. The number of ether oxygens (including phenoxy) is 1. The molecule has 0 bridgehead atoms. The van der Waals surface area contributed by atoms with Gasteiger partial charge >= 0.3 is 6.18 Å². The first kappa shape index (κ1) is 29.5. The molecule has 5 rings (SSSR count). The third-order valence-electron chi connectivity index (χ3n) is 7.41. The Morgan fingerprint density at radius 3 is 2.63 bits per heavy atom. The van der Waals surface area contributed by atoms with Gasteiger partial charge in [-0.3, -0.25) is 0 Å². The minimum atomic E-state index is -4.69. The molecule has 1 aliphatic carbocycles. The number of halogens is 4. The summed E-state index contributed by atoms with van der Waals surface area (Å²) in [4.78, 5) is 6.55. The van der Waals surface area contributed by atoms with Crippen molar-refractivity contribution in [3.63, 3.8) is 0 Å². The maximum atomic E-state index is 12.9. The van der Waals surface area contributed by atoms with E-state index in [1.54, 1.807) is 47.3 Å². The van der Waals surface area contributed by atoms with Gasteiger partial charge in [0.1, 0.15) is 17.6 Å². The van der Waals surface area contributed by atoms with Crippen molar-refractivity contribution < 1.29 is 31.4 Å². The highest BCUT2D eigenvalue weighted by molar-refractivity contribution is 7.90. The van der Waals surface area contributed by atoms with Gasteiger partial charge in [-0.2, -0.15) is 13.2 Å². The Morgan fingerprint density at radius 2 is 1.93 bits per heavy atom. The van der Waals surface area contributed by atoms with E-state index >= 15 is 0 Å². The third kappa shape index (κ3) is 6.92. The average Bonchev–Trinajstić information content (AvgIpc) is 3.09. The molecule has 2 aliphatic heterocycles. The van der Waals surface area contributed by atoms with Crippen molar-refractivity contribution in [2.24, 2.45) is 0 Å². The number of rotatable bonds is 7. The number of nitrogens with zero attached hydrogens (tertiary/aromatic N) is 2. The van der Waals surface area contributed by atoms with Crippen molar-refractivity contribution in [3.8, 4) is 5.88 Å². The minimum Gasteiger partial charge on any atom is -0.438 e. The van der Waals surface area contributed by atoms with Gasteiger partial charge in [-0.25, -0.2) is 18.1 Å². The van der Waals surface area contributed by atoms with Crippen LogP contribution >= 0.6 is 11.6 Å². The molecule has 3 aliphatic rings. The molecule has 0 saturated carbocycles. The highest BCUT2D eigenvalue weighted by atomic mass is 35.5. The van der Waals surface area contributed by atoms with Gasteiger partial charge in [-0.15, -0.1) is 0 Å². The standard InChI is InChI=1S/C29H29ClF3N3O4S/c30-22-10-8-21(9-11-22)28(37)12-16-36(17-13-28)15-3-4-20-18-24-25(40-27-23(20)5-2-14-34-27)6-1-7-26(24)41(38,39)35-19-29(31,32)33/h1-2,4-11,14,18,26,35,37H,3,12-13,15-17,19H2. The van der Waals surface area contributed by atoms with E-state index in [1.165, 1.54) is 12.2 Å². The van der Waals surface area contributed by atoms with Crippen LogP contribution in [0.15, 0.2) is 84.3 Å². The Kier molecular flexibility index (Phi) is 8.45. The molecule has 1 saturated heterocycles. The van der Waals surface area contributed by atoms with E-state index in [0.717, 1.165) is 5.56 Å².